The van der Waals surface area contributed by atoms with Crippen LogP contribution in [-0.4, -0.2) is 32.8 Å². The van der Waals surface area contributed by atoms with Crippen LogP contribution in [0.4, 0.5) is 0 Å². The molecule has 7 heteroatoms. The first-order chi connectivity index (χ1) is 12.1. The average molecular weight is 360 g/mol. The average Bonchev–Trinajstić information content (AvgIpc) is 3.27. The van der Waals surface area contributed by atoms with Crippen LogP contribution < -0.4 is 5.32 Å². The maximum Gasteiger partial charge on any atom is 0.271 e. The number of unbranched alkanes of at least 4 members (excludes halogenated alkanes) is 1. The summed E-state index contributed by atoms with van der Waals surface area (Å²) in [6.07, 6.45) is 4.29. The third-order valence-corrected chi connectivity index (χ3v) is 5.41. The van der Waals surface area contributed by atoms with E-state index in [0.717, 1.165) is 23.5 Å². The van der Waals surface area contributed by atoms with Crippen LogP contribution in [0.3, 0.4) is 0 Å². The van der Waals surface area contributed by atoms with Gasteiger partial charge in [-0.2, -0.15) is 0 Å². The van der Waals surface area contributed by atoms with Crippen LogP contribution in [0.1, 0.15) is 60.3 Å². The highest BCUT2D eigenvalue weighted by Gasteiger charge is 2.30. The molecule has 0 spiro atoms. The predicted molar refractivity (Wildman–Crippen MR) is 97.4 cm³/mol. The molecule has 0 aromatic carbocycles. The Morgan fingerprint density at radius 3 is 2.96 bits per heavy atom. The standard InChI is InChI=1S/C18H24N4O2S/c1-3-4-7-16(23)22-9-8-21-12-15(20-17(21)13(22)2)18(24)19-11-14-6-5-10-25-14/h5-6,10,12-13H,3-4,7-9,11H2,1-2H3,(H,19,24). The molecule has 134 valence electrons. The van der Waals surface area contributed by atoms with Gasteiger partial charge >= 0.3 is 0 Å². The van der Waals surface area contributed by atoms with Crippen molar-refractivity contribution in [3.8, 4) is 0 Å². The van der Waals surface area contributed by atoms with E-state index in [-0.39, 0.29) is 17.9 Å². The minimum atomic E-state index is -0.175. The van der Waals surface area contributed by atoms with Gasteiger partial charge in [-0.25, -0.2) is 4.98 Å². The fourth-order valence-corrected chi connectivity index (χ4v) is 3.73. The molecule has 2 amide bonds. The molecule has 1 aliphatic heterocycles. The highest BCUT2D eigenvalue weighted by Crippen LogP contribution is 2.25. The van der Waals surface area contributed by atoms with Crippen molar-refractivity contribution in [2.75, 3.05) is 6.54 Å². The molecule has 0 saturated carbocycles. The first kappa shape index (κ1) is 17.7. The molecule has 0 saturated heterocycles. The van der Waals surface area contributed by atoms with Crippen LogP contribution in [0.5, 0.6) is 0 Å². The van der Waals surface area contributed by atoms with E-state index < -0.39 is 0 Å². The summed E-state index contributed by atoms with van der Waals surface area (Å²) in [4.78, 5) is 32.2. The molecular weight excluding hydrogens is 336 g/mol. The SMILES string of the molecule is CCCCC(=O)N1CCn2cc(C(=O)NCc3cccs3)nc2C1C. The zero-order valence-electron chi connectivity index (χ0n) is 14.7. The second-order valence-electron chi connectivity index (χ2n) is 6.31. The summed E-state index contributed by atoms with van der Waals surface area (Å²) >= 11 is 1.61. The van der Waals surface area contributed by atoms with Crippen molar-refractivity contribution < 1.29 is 9.59 Å². The molecule has 3 rings (SSSR count). The third kappa shape index (κ3) is 3.92. The van der Waals surface area contributed by atoms with Gasteiger partial charge in [0.15, 0.2) is 0 Å². The summed E-state index contributed by atoms with van der Waals surface area (Å²) in [6, 6.07) is 3.86. The molecule has 0 aliphatic carbocycles. The van der Waals surface area contributed by atoms with Gasteiger partial charge in [-0.05, 0) is 24.8 Å². The fourth-order valence-electron chi connectivity index (χ4n) is 3.08. The van der Waals surface area contributed by atoms with Gasteiger partial charge in [0.25, 0.3) is 5.91 Å². The molecule has 6 nitrogen and oxygen atoms in total. The zero-order chi connectivity index (χ0) is 17.8. The zero-order valence-corrected chi connectivity index (χ0v) is 15.5. The van der Waals surface area contributed by atoms with E-state index in [4.69, 9.17) is 0 Å². The Bertz CT molecular complexity index is 738. The van der Waals surface area contributed by atoms with Crippen LogP contribution in [0, 0.1) is 0 Å². The Kier molecular flexibility index (Phi) is 5.53. The van der Waals surface area contributed by atoms with Crippen molar-refractivity contribution in [2.45, 2.75) is 52.2 Å². The van der Waals surface area contributed by atoms with Crippen LogP contribution >= 0.6 is 11.3 Å². The number of carbonyl (C=O) groups is 2. The van der Waals surface area contributed by atoms with Gasteiger partial charge in [0.1, 0.15) is 11.5 Å². The number of hydrogen-bond donors (Lipinski definition) is 1. The Balaban J connectivity index is 1.67. The number of aromatic nitrogens is 2. The smallest absolute Gasteiger partial charge is 0.271 e. The van der Waals surface area contributed by atoms with Crippen molar-refractivity contribution in [3.63, 3.8) is 0 Å². The number of rotatable bonds is 6. The molecule has 0 radical (unpaired) electrons. The molecule has 1 atom stereocenters. The summed E-state index contributed by atoms with van der Waals surface area (Å²) < 4.78 is 1.99. The summed E-state index contributed by atoms with van der Waals surface area (Å²) in [5.41, 5.74) is 0.418. The van der Waals surface area contributed by atoms with Crippen LogP contribution in [-0.2, 0) is 17.9 Å². The Morgan fingerprint density at radius 2 is 2.24 bits per heavy atom. The Hall–Kier alpha value is -2.15. The monoisotopic (exact) mass is 360 g/mol. The molecule has 0 fully saturated rings. The van der Waals surface area contributed by atoms with Crippen molar-refractivity contribution in [2.24, 2.45) is 0 Å². The highest BCUT2D eigenvalue weighted by molar-refractivity contribution is 7.09. The number of nitrogens with zero attached hydrogens (tertiary/aromatic N) is 3. The van der Waals surface area contributed by atoms with Crippen LogP contribution in [0.2, 0.25) is 0 Å². The minimum Gasteiger partial charge on any atom is -0.346 e. The van der Waals surface area contributed by atoms with Crippen molar-refractivity contribution >= 4 is 23.2 Å². The van der Waals surface area contributed by atoms with Crippen LogP contribution in [0.15, 0.2) is 23.7 Å². The molecule has 1 N–H and O–H groups in total. The normalized spacial score (nSPS) is 16.6. The molecular formula is C18H24N4O2S. The molecule has 3 heterocycles. The van der Waals surface area contributed by atoms with Gasteiger partial charge in [-0.3, -0.25) is 9.59 Å². The van der Waals surface area contributed by atoms with E-state index in [9.17, 15) is 9.59 Å². The summed E-state index contributed by atoms with van der Waals surface area (Å²) in [6.45, 7) is 5.93. The molecule has 25 heavy (non-hydrogen) atoms. The first-order valence-corrected chi connectivity index (χ1v) is 9.65. The van der Waals surface area contributed by atoms with Crippen molar-refractivity contribution in [3.05, 3.63) is 40.1 Å². The van der Waals surface area contributed by atoms with Gasteiger partial charge in [-0.1, -0.05) is 19.4 Å². The number of carbonyl (C=O) groups excluding carboxylic acids is 2. The first-order valence-electron chi connectivity index (χ1n) is 8.77. The molecule has 2 aromatic rings. The van der Waals surface area contributed by atoms with Gasteiger partial charge in [0, 0.05) is 30.6 Å². The third-order valence-electron chi connectivity index (χ3n) is 4.53. The lowest BCUT2D eigenvalue weighted by atomic mass is 10.1. The van der Waals surface area contributed by atoms with E-state index >= 15 is 0 Å². The van der Waals surface area contributed by atoms with E-state index in [1.54, 1.807) is 17.5 Å². The molecule has 1 aliphatic rings. The van der Waals surface area contributed by atoms with Crippen molar-refractivity contribution in [1.29, 1.82) is 0 Å². The lowest BCUT2D eigenvalue weighted by molar-refractivity contribution is -0.134. The lowest BCUT2D eigenvalue weighted by Gasteiger charge is -2.33. The number of nitrogens with one attached hydrogen (secondary N) is 1. The predicted octanol–water partition coefficient (Wildman–Crippen LogP) is 2.97. The van der Waals surface area contributed by atoms with Crippen LogP contribution in [0.25, 0.3) is 0 Å². The fraction of sp³-hybridized carbons (Fsp3) is 0.500. The summed E-state index contributed by atoms with van der Waals surface area (Å²) in [5.74, 6) is 0.788. The minimum absolute atomic E-state index is 0.100. The molecule has 1 unspecified atom stereocenters. The van der Waals surface area contributed by atoms with E-state index in [1.165, 1.54) is 0 Å². The number of fused-ring (bicyclic) bond motifs is 1. The number of hydrogen-bond acceptors (Lipinski definition) is 4. The maximum absolute atomic E-state index is 12.4. The Morgan fingerprint density at radius 1 is 1.40 bits per heavy atom. The van der Waals surface area contributed by atoms with Gasteiger partial charge in [0.05, 0.1) is 12.6 Å². The molecule has 2 aromatic heterocycles. The highest BCUT2D eigenvalue weighted by atomic mass is 32.1. The topological polar surface area (TPSA) is 67.2 Å². The quantitative estimate of drug-likeness (QED) is 0.861. The number of thiophene rings is 1. The second-order valence-corrected chi connectivity index (χ2v) is 7.34. The maximum atomic E-state index is 12.4. The van der Waals surface area contributed by atoms with Gasteiger partial charge in [-0.15, -0.1) is 11.3 Å². The van der Waals surface area contributed by atoms with E-state index in [0.29, 0.717) is 31.7 Å². The number of amides is 2. The molecule has 0 bridgehead atoms. The second kappa shape index (κ2) is 7.82. The van der Waals surface area contributed by atoms with Gasteiger partial charge in [0.2, 0.25) is 5.91 Å². The van der Waals surface area contributed by atoms with E-state index in [2.05, 4.69) is 17.2 Å². The van der Waals surface area contributed by atoms with Crippen molar-refractivity contribution in [1.82, 2.24) is 19.8 Å². The Labute approximate surface area is 151 Å². The largest absolute Gasteiger partial charge is 0.346 e. The lowest BCUT2D eigenvalue weighted by Crippen LogP contribution is -2.41. The summed E-state index contributed by atoms with van der Waals surface area (Å²) in [5, 5.41) is 4.89. The van der Waals surface area contributed by atoms with Gasteiger partial charge < -0.3 is 14.8 Å². The van der Waals surface area contributed by atoms with E-state index in [1.807, 2.05) is 33.9 Å². The summed E-state index contributed by atoms with van der Waals surface area (Å²) in [7, 11) is 0. The number of imidazole rings is 1.